The van der Waals surface area contributed by atoms with Crippen molar-refractivity contribution >= 4 is 33.3 Å². The summed E-state index contributed by atoms with van der Waals surface area (Å²) in [5, 5.41) is 6.61. The Kier molecular flexibility index (Phi) is 4.89. The molecule has 0 aliphatic heterocycles. The molecule has 2 aromatic heterocycles. The second kappa shape index (κ2) is 7.63. The van der Waals surface area contributed by atoms with Gasteiger partial charge in [-0.05, 0) is 30.2 Å². The van der Waals surface area contributed by atoms with Crippen molar-refractivity contribution in [1.29, 1.82) is 0 Å². The Morgan fingerprint density at radius 2 is 2.00 bits per heavy atom. The zero-order valence-corrected chi connectivity index (χ0v) is 15.7. The van der Waals surface area contributed by atoms with Gasteiger partial charge >= 0.3 is 0 Å². The van der Waals surface area contributed by atoms with Gasteiger partial charge in [-0.15, -0.1) is 11.3 Å². The molecule has 0 aliphatic carbocycles. The normalized spacial score (nSPS) is 10.9. The van der Waals surface area contributed by atoms with E-state index in [1.54, 1.807) is 7.11 Å². The maximum atomic E-state index is 12.2. The van der Waals surface area contributed by atoms with E-state index in [1.807, 2.05) is 54.0 Å². The van der Waals surface area contributed by atoms with Gasteiger partial charge in [-0.25, -0.2) is 4.98 Å². The van der Waals surface area contributed by atoms with E-state index in [9.17, 15) is 4.79 Å². The molecule has 27 heavy (non-hydrogen) atoms. The fraction of sp³-hybridized carbons (Fsp3) is 0.143. The van der Waals surface area contributed by atoms with E-state index >= 15 is 0 Å². The van der Waals surface area contributed by atoms with Gasteiger partial charge in [0.1, 0.15) is 5.75 Å². The molecule has 0 saturated heterocycles. The number of aromatic nitrogens is 2. The Balaban J connectivity index is 1.39. The maximum Gasteiger partial charge on any atom is 0.226 e. The summed E-state index contributed by atoms with van der Waals surface area (Å²) in [6.07, 6.45) is 3.04. The number of benzene rings is 2. The number of hydrogen-bond donors (Lipinski definition) is 2. The fourth-order valence-corrected chi connectivity index (χ4v) is 3.70. The summed E-state index contributed by atoms with van der Waals surface area (Å²) in [5.74, 6) is 0.779. The van der Waals surface area contributed by atoms with E-state index in [-0.39, 0.29) is 5.91 Å². The third kappa shape index (κ3) is 3.85. The molecule has 0 fully saturated rings. The number of rotatable bonds is 6. The Morgan fingerprint density at radius 3 is 2.81 bits per heavy atom. The molecule has 0 spiro atoms. The molecule has 2 N–H and O–H groups in total. The molecule has 0 radical (unpaired) electrons. The van der Waals surface area contributed by atoms with Crippen molar-refractivity contribution in [3.05, 3.63) is 65.7 Å². The summed E-state index contributed by atoms with van der Waals surface area (Å²) >= 11 is 1.44. The zero-order chi connectivity index (χ0) is 18.6. The zero-order valence-electron chi connectivity index (χ0n) is 14.9. The number of para-hydroxylation sites is 1. The number of nitrogens with one attached hydrogen (secondary N) is 2. The van der Waals surface area contributed by atoms with E-state index in [1.165, 1.54) is 11.3 Å². The van der Waals surface area contributed by atoms with Crippen molar-refractivity contribution in [3.63, 3.8) is 0 Å². The predicted molar refractivity (Wildman–Crippen MR) is 109 cm³/mol. The predicted octanol–water partition coefficient (Wildman–Crippen LogP) is 4.87. The second-order valence-electron chi connectivity index (χ2n) is 6.18. The monoisotopic (exact) mass is 377 g/mol. The molecule has 4 rings (SSSR count). The number of thiazole rings is 1. The molecule has 5 nitrogen and oxygen atoms in total. The summed E-state index contributed by atoms with van der Waals surface area (Å²) in [5.41, 5.74) is 4.08. The average molecular weight is 377 g/mol. The van der Waals surface area contributed by atoms with Crippen molar-refractivity contribution in [2.45, 2.75) is 12.8 Å². The number of carbonyl (C=O) groups excluding carboxylic acids is 1. The highest BCUT2D eigenvalue weighted by atomic mass is 32.1. The van der Waals surface area contributed by atoms with E-state index in [0.29, 0.717) is 18.0 Å². The van der Waals surface area contributed by atoms with Gasteiger partial charge in [0.2, 0.25) is 5.91 Å². The molecule has 2 aromatic carbocycles. The number of carbonyl (C=O) groups is 1. The highest BCUT2D eigenvalue weighted by Gasteiger charge is 2.11. The molecule has 0 saturated carbocycles. The van der Waals surface area contributed by atoms with Crippen LogP contribution < -0.4 is 10.1 Å². The Labute approximate surface area is 161 Å². The van der Waals surface area contributed by atoms with Crippen LogP contribution in [-0.4, -0.2) is 23.0 Å². The van der Waals surface area contributed by atoms with Crippen molar-refractivity contribution in [2.75, 3.05) is 12.4 Å². The summed E-state index contributed by atoms with van der Waals surface area (Å²) in [6.45, 7) is 0. The summed E-state index contributed by atoms with van der Waals surface area (Å²) in [7, 11) is 1.64. The number of hydrogen-bond acceptors (Lipinski definition) is 4. The van der Waals surface area contributed by atoms with E-state index in [0.717, 1.165) is 33.5 Å². The highest BCUT2D eigenvalue weighted by Crippen LogP contribution is 2.30. The van der Waals surface area contributed by atoms with Gasteiger partial charge < -0.3 is 15.0 Å². The van der Waals surface area contributed by atoms with Crippen LogP contribution in [0.5, 0.6) is 5.75 Å². The molecular weight excluding hydrogens is 358 g/mol. The quantitative estimate of drug-likeness (QED) is 0.504. The first-order valence-corrected chi connectivity index (χ1v) is 9.56. The number of nitrogens with zero attached hydrogens (tertiary/aromatic N) is 1. The fourth-order valence-electron chi connectivity index (χ4n) is 2.97. The topological polar surface area (TPSA) is 67.0 Å². The molecule has 4 aromatic rings. The Morgan fingerprint density at radius 1 is 1.19 bits per heavy atom. The molecule has 0 bridgehead atoms. The van der Waals surface area contributed by atoms with Crippen LogP contribution in [0.1, 0.15) is 12.0 Å². The number of aryl methyl sites for hydroxylation is 1. The van der Waals surface area contributed by atoms with Gasteiger partial charge in [0.05, 0.1) is 12.8 Å². The average Bonchev–Trinajstić information content (AvgIpc) is 3.33. The van der Waals surface area contributed by atoms with Crippen LogP contribution in [0.2, 0.25) is 0 Å². The number of fused-ring (bicyclic) bond motifs is 1. The van der Waals surface area contributed by atoms with Crippen molar-refractivity contribution in [1.82, 2.24) is 9.97 Å². The third-order valence-electron chi connectivity index (χ3n) is 4.42. The van der Waals surface area contributed by atoms with E-state index in [2.05, 4.69) is 21.4 Å². The summed E-state index contributed by atoms with van der Waals surface area (Å²) in [6, 6.07) is 15.9. The minimum Gasteiger partial charge on any atom is -0.497 e. The van der Waals surface area contributed by atoms with Gasteiger partial charge in [0.25, 0.3) is 0 Å². The number of anilines is 1. The first-order chi connectivity index (χ1) is 13.2. The molecule has 0 atom stereocenters. The Bertz CT molecular complexity index is 1070. The lowest BCUT2D eigenvalue weighted by Gasteiger charge is -2.04. The molecule has 0 aliphatic rings. The summed E-state index contributed by atoms with van der Waals surface area (Å²) in [4.78, 5) is 20.1. The number of aromatic amines is 1. The first kappa shape index (κ1) is 17.3. The van der Waals surface area contributed by atoms with Crippen LogP contribution in [0.25, 0.3) is 22.2 Å². The van der Waals surface area contributed by atoms with E-state index in [4.69, 9.17) is 4.74 Å². The Hall–Kier alpha value is -3.12. The SMILES string of the molecule is COc1ccc(CCC(=O)Nc2nc(-c3c[nH]c4ccccc34)cs2)cc1. The van der Waals surface area contributed by atoms with Crippen LogP contribution in [0.3, 0.4) is 0 Å². The lowest BCUT2D eigenvalue weighted by Crippen LogP contribution is -2.12. The second-order valence-corrected chi connectivity index (χ2v) is 7.04. The largest absolute Gasteiger partial charge is 0.497 e. The molecular formula is C21H19N3O2S. The first-order valence-electron chi connectivity index (χ1n) is 8.68. The third-order valence-corrected chi connectivity index (χ3v) is 5.17. The molecule has 0 unspecified atom stereocenters. The molecule has 2 heterocycles. The van der Waals surface area contributed by atoms with Gasteiger partial charge in [0, 0.05) is 34.5 Å². The van der Waals surface area contributed by atoms with Crippen LogP contribution in [0.4, 0.5) is 5.13 Å². The minimum absolute atomic E-state index is 0.0364. The number of H-pyrrole nitrogens is 1. The molecule has 136 valence electrons. The standard InChI is InChI=1S/C21H19N3O2S/c1-26-15-9-6-14(7-10-15)8-11-20(25)24-21-23-19(13-27-21)17-12-22-18-5-3-2-4-16(17)18/h2-7,9-10,12-13,22H,8,11H2,1H3,(H,23,24,25). The van der Waals surface area contributed by atoms with E-state index < -0.39 is 0 Å². The number of ether oxygens (including phenoxy) is 1. The number of methoxy groups -OCH3 is 1. The van der Waals surface area contributed by atoms with Crippen LogP contribution in [-0.2, 0) is 11.2 Å². The van der Waals surface area contributed by atoms with Gasteiger partial charge in [-0.1, -0.05) is 30.3 Å². The number of amides is 1. The maximum absolute atomic E-state index is 12.2. The minimum atomic E-state index is -0.0364. The lowest BCUT2D eigenvalue weighted by atomic mass is 10.1. The highest BCUT2D eigenvalue weighted by molar-refractivity contribution is 7.14. The van der Waals surface area contributed by atoms with Crippen LogP contribution >= 0.6 is 11.3 Å². The van der Waals surface area contributed by atoms with Gasteiger partial charge in [-0.3, -0.25) is 4.79 Å². The van der Waals surface area contributed by atoms with Gasteiger partial charge in [0.15, 0.2) is 5.13 Å². The summed E-state index contributed by atoms with van der Waals surface area (Å²) < 4.78 is 5.15. The molecule has 1 amide bonds. The van der Waals surface area contributed by atoms with Crippen LogP contribution in [0.15, 0.2) is 60.1 Å². The van der Waals surface area contributed by atoms with Crippen LogP contribution in [0, 0.1) is 0 Å². The van der Waals surface area contributed by atoms with Crippen molar-refractivity contribution < 1.29 is 9.53 Å². The smallest absolute Gasteiger partial charge is 0.226 e. The van der Waals surface area contributed by atoms with Crippen molar-refractivity contribution in [3.8, 4) is 17.0 Å². The van der Waals surface area contributed by atoms with Gasteiger partial charge in [-0.2, -0.15) is 0 Å². The lowest BCUT2D eigenvalue weighted by molar-refractivity contribution is -0.116. The van der Waals surface area contributed by atoms with Crippen molar-refractivity contribution in [2.24, 2.45) is 0 Å². The molecule has 6 heteroatoms.